The number of hydrogen-bond acceptors (Lipinski definition) is 6. The molecule has 0 radical (unpaired) electrons. The molecule has 0 aromatic heterocycles. The van der Waals surface area contributed by atoms with Crippen LogP contribution >= 0.6 is 11.8 Å². The highest BCUT2D eigenvalue weighted by molar-refractivity contribution is 8.04. The number of hydrogen-bond donors (Lipinski definition) is 0. The van der Waals surface area contributed by atoms with Crippen molar-refractivity contribution in [3.05, 3.63) is 23.3 Å². The fraction of sp³-hybridized carbons (Fsp3) is 0.727. The van der Waals surface area contributed by atoms with E-state index >= 15 is 0 Å². The summed E-state index contributed by atoms with van der Waals surface area (Å²) in [5.74, 6) is -0.761. The minimum Gasteiger partial charge on any atom is -0.457 e. The number of nitrogens with zero attached hydrogens (tertiary/aromatic N) is 1. The summed E-state index contributed by atoms with van der Waals surface area (Å²) in [5, 5.41) is -0.0423. The van der Waals surface area contributed by atoms with E-state index in [1.165, 1.54) is 6.08 Å². The fourth-order valence-electron chi connectivity index (χ4n) is 3.91. The summed E-state index contributed by atoms with van der Waals surface area (Å²) < 4.78 is 17.6. The first-order chi connectivity index (χ1) is 14.0. The van der Waals surface area contributed by atoms with Gasteiger partial charge in [0.25, 0.3) is 0 Å². The molecule has 8 heteroatoms. The average molecular weight is 454 g/mol. The van der Waals surface area contributed by atoms with E-state index in [2.05, 4.69) is 40.4 Å². The minimum atomic E-state index is -2.01. The number of carbonyl (C=O) groups is 2. The van der Waals surface area contributed by atoms with E-state index in [1.54, 1.807) is 16.7 Å². The van der Waals surface area contributed by atoms with E-state index in [4.69, 9.17) is 13.9 Å². The molecule has 0 spiro atoms. The van der Waals surface area contributed by atoms with Crippen LogP contribution in [-0.4, -0.2) is 55.9 Å². The van der Waals surface area contributed by atoms with E-state index in [-0.39, 0.29) is 41.1 Å². The van der Waals surface area contributed by atoms with Crippen LogP contribution in [0.3, 0.4) is 0 Å². The number of ether oxygens (including phenoxy) is 2. The SMILES string of the molecule is C=CCOC(=O)C1=C(CC2CCCO2)S[C@@H]2[C@@H]([C@@H](C)O[Si](C)(C)C(C)(C)C)C(=O)N12. The highest BCUT2D eigenvalue weighted by atomic mass is 32.2. The monoisotopic (exact) mass is 453 g/mol. The third kappa shape index (κ3) is 4.42. The number of amides is 1. The van der Waals surface area contributed by atoms with Crippen molar-refractivity contribution in [3.63, 3.8) is 0 Å². The van der Waals surface area contributed by atoms with Gasteiger partial charge in [0.2, 0.25) is 5.91 Å². The standard InChI is InChI=1S/C22H35NO5SSi/c1-8-11-27-21(25)18-16(13-15-10-9-12-26-15)29-20-17(19(24)23(18)20)14(2)28-30(6,7)22(3,4)5/h8,14-15,17,20H,1,9-13H2,2-7H3/t14-,15?,17+,20-/m1/s1. The number of β-lactam (4-membered cyclic amide) rings is 1. The first-order valence-corrected chi connectivity index (χ1v) is 14.6. The van der Waals surface area contributed by atoms with E-state index in [0.717, 1.165) is 24.4 Å². The van der Waals surface area contributed by atoms with Gasteiger partial charge in [0.1, 0.15) is 17.7 Å². The van der Waals surface area contributed by atoms with Crippen molar-refractivity contribution >= 4 is 32.0 Å². The molecule has 0 aliphatic carbocycles. The van der Waals surface area contributed by atoms with Crippen molar-refractivity contribution in [2.24, 2.45) is 5.92 Å². The average Bonchev–Trinajstić information content (AvgIpc) is 3.24. The quantitative estimate of drug-likeness (QED) is 0.234. The number of esters is 1. The Morgan fingerprint density at radius 2 is 2.13 bits per heavy atom. The Bertz CT molecular complexity index is 738. The molecule has 3 aliphatic heterocycles. The molecule has 3 aliphatic rings. The summed E-state index contributed by atoms with van der Waals surface area (Å²) in [7, 11) is -2.01. The van der Waals surface area contributed by atoms with Crippen molar-refractivity contribution < 1.29 is 23.5 Å². The van der Waals surface area contributed by atoms with Gasteiger partial charge in [-0.3, -0.25) is 9.69 Å². The van der Waals surface area contributed by atoms with Crippen LogP contribution in [0.25, 0.3) is 0 Å². The lowest BCUT2D eigenvalue weighted by Crippen LogP contribution is -2.62. The maximum Gasteiger partial charge on any atom is 0.356 e. The molecule has 30 heavy (non-hydrogen) atoms. The molecule has 0 N–H and O–H groups in total. The van der Waals surface area contributed by atoms with Gasteiger partial charge >= 0.3 is 5.97 Å². The van der Waals surface area contributed by atoms with Crippen molar-refractivity contribution in [2.45, 2.75) is 82.7 Å². The Kier molecular flexibility index (Phi) is 6.92. The molecule has 0 aromatic carbocycles. The van der Waals surface area contributed by atoms with Crippen LogP contribution in [0.1, 0.15) is 47.0 Å². The van der Waals surface area contributed by atoms with Crippen LogP contribution < -0.4 is 0 Å². The molecule has 0 bridgehead atoms. The highest BCUT2D eigenvalue weighted by Gasteiger charge is 2.59. The minimum absolute atomic E-state index is 0.0494. The molecule has 2 saturated heterocycles. The van der Waals surface area contributed by atoms with Crippen LogP contribution in [0, 0.1) is 5.92 Å². The van der Waals surface area contributed by atoms with Gasteiger partial charge in [-0.15, -0.1) is 11.8 Å². The maximum absolute atomic E-state index is 13.1. The molecular formula is C22H35NO5SSi. The van der Waals surface area contributed by atoms with Crippen molar-refractivity contribution in [2.75, 3.05) is 13.2 Å². The second kappa shape index (κ2) is 8.80. The number of fused-ring (bicyclic) bond motifs is 1. The lowest BCUT2D eigenvalue weighted by atomic mass is 9.92. The highest BCUT2D eigenvalue weighted by Crippen LogP contribution is 2.53. The topological polar surface area (TPSA) is 65.1 Å². The number of thioether (sulfide) groups is 1. The van der Waals surface area contributed by atoms with E-state index in [9.17, 15) is 9.59 Å². The van der Waals surface area contributed by atoms with Gasteiger partial charge in [-0.25, -0.2) is 4.79 Å². The van der Waals surface area contributed by atoms with Crippen LogP contribution in [0.15, 0.2) is 23.3 Å². The van der Waals surface area contributed by atoms with Gasteiger partial charge in [0.15, 0.2) is 8.32 Å². The van der Waals surface area contributed by atoms with Crippen LogP contribution in [0.2, 0.25) is 18.1 Å². The number of carbonyl (C=O) groups excluding carboxylic acids is 2. The second-order valence-electron chi connectivity index (χ2n) is 9.82. The second-order valence-corrected chi connectivity index (χ2v) is 15.8. The molecular weight excluding hydrogens is 418 g/mol. The third-order valence-electron chi connectivity index (χ3n) is 6.61. The summed E-state index contributed by atoms with van der Waals surface area (Å²) in [5.41, 5.74) is 0.392. The molecule has 1 amide bonds. The number of rotatable bonds is 8. The lowest BCUT2D eigenvalue weighted by molar-refractivity contribution is -0.157. The summed E-state index contributed by atoms with van der Waals surface area (Å²) in [4.78, 5) is 28.4. The van der Waals surface area contributed by atoms with Gasteiger partial charge in [0.05, 0.1) is 18.1 Å². The first-order valence-electron chi connectivity index (χ1n) is 10.8. The third-order valence-corrected chi connectivity index (χ3v) is 12.6. The predicted octanol–water partition coefficient (Wildman–Crippen LogP) is 4.44. The zero-order valence-electron chi connectivity index (χ0n) is 19.0. The van der Waals surface area contributed by atoms with E-state index < -0.39 is 14.3 Å². The summed E-state index contributed by atoms with van der Waals surface area (Å²) >= 11 is 1.60. The predicted molar refractivity (Wildman–Crippen MR) is 121 cm³/mol. The van der Waals surface area contributed by atoms with Gasteiger partial charge in [-0.2, -0.15) is 0 Å². The molecule has 0 saturated carbocycles. The van der Waals surface area contributed by atoms with Crippen LogP contribution in [-0.2, 0) is 23.5 Å². The van der Waals surface area contributed by atoms with Crippen molar-refractivity contribution in [1.29, 1.82) is 0 Å². The van der Waals surface area contributed by atoms with E-state index in [0.29, 0.717) is 12.1 Å². The summed E-state index contributed by atoms with van der Waals surface area (Å²) in [6, 6.07) is 0. The zero-order chi connectivity index (χ0) is 22.3. The van der Waals surface area contributed by atoms with Crippen molar-refractivity contribution in [3.8, 4) is 0 Å². The largest absolute Gasteiger partial charge is 0.457 e. The zero-order valence-corrected chi connectivity index (χ0v) is 20.8. The van der Waals surface area contributed by atoms with Crippen LogP contribution in [0.5, 0.6) is 0 Å². The molecule has 3 rings (SSSR count). The molecule has 4 atom stereocenters. The Morgan fingerprint density at radius 3 is 2.70 bits per heavy atom. The molecule has 2 fully saturated rings. The smallest absolute Gasteiger partial charge is 0.356 e. The Labute approximate surface area is 185 Å². The van der Waals surface area contributed by atoms with Gasteiger partial charge in [-0.05, 0) is 37.9 Å². The normalized spacial score (nSPS) is 27.7. The Morgan fingerprint density at radius 1 is 1.43 bits per heavy atom. The molecule has 1 unspecified atom stereocenters. The van der Waals surface area contributed by atoms with Gasteiger partial charge in [0, 0.05) is 17.9 Å². The lowest BCUT2D eigenvalue weighted by Gasteiger charge is -2.48. The summed E-state index contributed by atoms with van der Waals surface area (Å²) in [6.45, 7) is 17.5. The Hall–Kier alpha value is -1.09. The van der Waals surface area contributed by atoms with Crippen molar-refractivity contribution in [1.82, 2.24) is 4.90 Å². The van der Waals surface area contributed by atoms with E-state index in [1.807, 2.05) is 6.92 Å². The molecule has 168 valence electrons. The maximum atomic E-state index is 13.1. The van der Waals surface area contributed by atoms with Gasteiger partial charge in [-0.1, -0.05) is 33.4 Å². The first kappa shape index (κ1) is 23.6. The van der Waals surface area contributed by atoms with Crippen LogP contribution in [0.4, 0.5) is 0 Å². The Balaban J connectivity index is 1.77. The summed E-state index contributed by atoms with van der Waals surface area (Å²) in [6.07, 6.45) is 4.10. The fourth-order valence-corrected chi connectivity index (χ4v) is 7.00. The van der Waals surface area contributed by atoms with Gasteiger partial charge < -0.3 is 13.9 Å². The molecule has 3 heterocycles. The molecule has 6 nitrogen and oxygen atoms in total. The molecule has 0 aromatic rings.